The van der Waals surface area contributed by atoms with Gasteiger partial charge in [-0.15, -0.1) is 0 Å². The number of aromatic carboxylic acids is 1. The van der Waals surface area contributed by atoms with Crippen molar-refractivity contribution in [2.45, 2.75) is 6.92 Å². The van der Waals surface area contributed by atoms with Crippen molar-refractivity contribution in [2.24, 2.45) is 0 Å². The van der Waals surface area contributed by atoms with E-state index in [2.05, 4.69) is 21.0 Å². The molecule has 20 heavy (non-hydrogen) atoms. The van der Waals surface area contributed by atoms with Crippen molar-refractivity contribution in [3.8, 4) is 5.69 Å². The van der Waals surface area contributed by atoms with Crippen LogP contribution in [0.2, 0.25) is 10.0 Å². The van der Waals surface area contributed by atoms with Crippen molar-refractivity contribution in [2.75, 3.05) is 0 Å². The summed E-state index contributed by atoms with van der Waals surface area (Å²) >= 11 is 15.3. The Morgan fingerprint density at radius 2 is 2.00 bits per heavy atom. The summed E-state index contributed by atoms with van der Waals surface area (Å²) in [5, 5.41) is 13.2. The van der Waals surface area contributed by atoms with E-state index >= 15 is 0 Å². The van der Waals surface area contributed by atoms with E-state index in [1.807, 2.05) is 0 Å². The Morgan fingerprint density at radius 1 is 1.35 bits per heavy atom. The Kier molecular flexibility index (Phi) is 4.17. The first-order valence-corrected chi connectivity index (χ1v) is 6.85. The molecule has 2 aromatic rings. The topological polar surface area (TPSA) is 72.2 Å². The summed E-state index contributed by atoms with van der Waals surface area (Å²) in [7, 11) is 0. The molecule has 0 atom stereocenters. The summed E-state index contributed by atoms with van der Waals surface area (Å²) in [5.41, 5.74) is -0.578. The van der Waals surface area contributed by atoms with E-state index in [0.717, 1.165) is 0 Å². The smallest absolute Gasteiger partial charge is 0.360 e. The lowest BCUT2D eigenvalue weighted by molar-refractivity contribution is 0.0686. The van der Waals surface area contributed by atoms with Crippen molar-refractivity contribution < 1.29 is 9.90 Å². The molecule has 0 radical (unpaired) electrons. The molecule has 1 N–H and O–H groups in total. The zero-order valence-corrected chi connectivity index (χ0v) is 13.1. The third-order valence-corrected chi connectivity index (χ3v) is 4.32. The number of halogens is 3. The van der Waals surface area contributed by atoms with E-state index in [-0.39, 0.29) is 15.6 Å². The number of carbonyl (C=O) groups is 1. The summed E-state index contributed by atoms with van der Waals surface area (Å²) in [5.74, 6) is -1.40. The number of rotatable bonds is 2. The Balaban J connectivity index is 2.74. The lowest BCUT2D eigenvalue weighted by Gasteiger charge is -2.11. The number of aromatic nitrogens is 2. The molecule has 0 aliphatic carbocycles. The molecule has 1 aromatic carbocycles. The molecule has 0 saturated heterocycles. The molecule has 0 bridgehead atoms. The van der Waals surface area contributed by atoms with Crippen molar-refractivity contribution >= 4 is 45.1 Å². The Labute approximate surface area is 131 Å². The third-order valence-electron chi connectivity index (χ3n) is 2.56. The van der Waals surface area contributed by atoms with Crippen LogP contribution in [0.5, 0.6) is 0 Å². The highest BCUT2D eigenvalue weighted by Crippen LogP contribution is 2.34. The standard InChI is InChI=1S/C12H7BrCl2N2O3/c1-5-4-17(16-10(11(5)18)12(19)20)7-3-2-6(13)8(14)9(7)15/h2-4H,1H3,(H,19,20). The predicted molar refractivity (Wildman–Crippen MR) is 79.3 cm³/mol. The first-order chi connectivity index (χ1) is 9.32. The van der Waals surface area contributed by atoms with Gasteiger partial charge in [-0.2, -0.15) is 5.10 Å². The van der Waals surface area contributed by atoms with Gasteiger partial charge in [0, 0.05) is 16.2 Å². The zero-order chi connectivity index (χ0) is 15.0. The van der Waals surface area contributed by atoms with E-state index in [1.165, 1.54) is 17.8 Å². The molecule has 2 rings (SSSR count). The largest absolute Gasteiger partial charge is 0.476 e. The normalized spacial score (nSPS) is 10.6. The van der Waals surface area contributed by atoms with Crippen molar-refractivity contribution in [1.82, 2.24) is 9.78 Å². The highest BCUT2D eigenvalue weighted by Gasteiger charge is 2.16. The summed E-state index contributed by atoms with van der Waals surface area (Å²) in [6.45, 7) is 1.50. The van der Waals surface area contributed by atoms with Crippen molar-refractivity contribution in [3.63, 3.8) is 0 Å². The highest BCUT2D eigenvalue weighted by molar-refractivity contribution is 9.10. The molecular weight excluding hydrogens is 371 g/mol. The van der Waals surface area contributed by atoms with Crippen LogP contribution in [0.4, 0.5) is 0 Å². The van der Waals surface area contributed by atoms with Crippen LogP contribution in [0.3, 0.4) is 0 Å². The Hall–Kier alpha value is -1.37. The molecule has 104 valence electrons. The molecule has 0 unspecified atom stereocenters. The minimum atomic E-state index is -1.40. The molecule has 8 heteroatoms. The SMILES string of the molecule is Cc1cn(-c2ccc(Br)c(Cl)c2Cl)nc(C(=O)O)c1=O. The van der Waals surface area contributed by atoms with E-state index in [0.29, 0.717) is 10.2 Å². The van der Waals surface area contributed by atoms with Crippen LogP contribution in [-0.2, 0) is 0 Å². The summed E-state index contributed by atoms with van der Waals surface area (Å²) < 4.78 is 1.82. The first kappa shape index (κ1) is 15.0. The van der Waals surface area contributed by atoms with Crippen LogP contribution in [0.1, 0.15) is 16.1 Å². The number of carboxylic acids is 1. The minimum Gasteiger partial charge on any atom is -0.476 e. The Bertz CT molecular complexity index is 774. The van der Waals surface area contributed by atoms with Crippen molar-refractivity contribution in [3.05, 3.63) is 54.3 Å². The molecule has 1 aromatic heterocycles. The molecule has 0 fully saturated rings. The predicted octanol–water partition coefficient (Wildman–Crippen LogP) is 3.31. The summed E-state index contributed by atoms with van der Waals surface area (Å²) in [6.07, 6.45) is 1.40. The van der Waals surface area contributed by atoms with Crippen LogP contribution in [0, 0.1) is 6.92 Å². The number of hydrogen-bond acceptors (Lipinski definition) is 3. The Morgan fingerprint density at radius 3 is 2.60 bits per heavy atom. The van der Waals surface area contributed by atoms with Gasteiger partial charge in [0.05, 0.1) is 15.7 Å². The molecule has 0 saturated carbocycles. The monoisotopic (exact) mass is 376 g/mol. The molecule has 1 heterocycles. The van der Waals surface area contributed by atoms with Gasteiger partial charge in [0.15, 0.2) is 0 Å². The average Bonchev–Trinajstić information content (AvgIpc) is 2.39. The fourth-order valence-electron chi connectivity index (χ4n) is 1.57. The summed E-state index contributed by atoms with van der Waals surface area (Å²) in [4.78, 5) is 22.7. The van der Waals surface area contributed by atoms with Gasteiger partial charge in [0.1, 0.15) is 0 Å². The minimum absolute atomic E-state index is 0.202. The fraction of sp³-hybridized carbons (Fsp3) is 0.0833. The zero-order valence-electron chi connectivity index (χ0n) is 10.0. The summed E-state index contributed by atoms with van der Waals surface area (Å²) in [6, 6.07) is 3.26. The maximum atomic E-state index is 11.7. The fourth-order valence-corrected chi connectivity index (χ4v) is 2.42. The lowest BCUT2D eigenvalue weighted by atomic mass is 10.2. The van der Waals surface area contributed by atoms with Crippen LogP contribution in [0.15, 0.2) is 27.6 Å². The van der Waals surface area contributed by atoms with Gasteiger partial charge < -0.3 is 5.11 Å². The van der Waals surface area contributed by atoms with Gasteiger partial charge >= 0.3 is 5.97 Å². The van der Waals surface area contributed by atoms with E-state index in [1.54, 1.807) is 12.1 Å². The molecule has 0 spiro atoms. The number of aryl methyl sites for hydroxylation is 1. The number of benzene rings is 1. The van der Waals surface area contributed by atoms with Gasteiger partial charge in [-0.05, 0) is 35.0 Å². The second-order valence-corrected chi connectivity index (χ2v) is 5.54. The van der Waals surface area contributed by atoms with Crippen molar-refractivity contribution in [1.29, 1.82) is 0 Å². The second kappa shape index (κ2) is 5.55. The van der Waals surface area contributed by atoms with E-state index < -0.39 is 17.1 Å². The maximum Gasteiger partial charge on any atom is 0.360 e. The highest BCUT2D eigenvalue weighted by atomic mass is 79.9. The maximum absolute atomic E-state index is 11.7. The molecule has 0 aliphatic heterocycles. The van der Waals surface area contributed by atoms with Crippen LogP contribution < -0.4 is 5.43 Å². The molecular formula is C12H7BrCl2N2O3. The van der Waals surface area contributed by atoms with Crippen LogP contribution in [-0.4, -0.2) is 20.9 Å². The third kappa shape index (κ3) is 2.59. The molecule has 0 aliphatic rings. The van der Waals surface area contributed by atoms with E-state index in [9.17, 15) is 9.59 Å². The van der Waals surface area contributed by atoms with Crippen LogP contribution in [0.25, 0.3) is 5.69 Å². The van der Waals surface area contributed by atoms with Gasteiger partial charge in [0.25, 0.3) is 0 Å². The average molecular weight is 378 g/mol. The molecule has 0 amide bonds. The van der Waals surface area contributed by atoms with Gasteiger partial charge in [-0.1, -0.05) is 23.2 Å². The second-order valence-electron chi connectivity index (χ2n) is 3.93. The van der Waals surface area contributed by atoms with Gasteiger partial charge in [-0.3, -0.25) is 4.79 Å². The lowest BCUT2D eigenvalue weighted by Crippen LogP contribution is -2.23. The quantitative estimate of drug-likeness (QED) is 0.815. The molecule has 5 nitrogen and oxygen atoms in total. The van der Waals surface area contributed by atoms with Crippen LogP contribution >= 0.6 is 39.1 Å². The van der Waals surface area contributed by atoms with Gasteiger partial charge in [0.2, 0.25) is 11.1 Å². The number of hydrogen-bond donors (Lipinski definition) is 1. The number of nitrogens with zero attached hydrogens (tertiary/aromatic N) is 2. The van der Waals surface area contributed by atoms with Gasteiger partial charge in [-0.25, -0.2) is 9.48 Å². The first-order valence-electron chi connectivity index (χ1n) is 5.30. The number of carboxylic acid groups (broad SMARTS) is 1. The van der Waals surface area contributed by atoms with E-state index in [4.69, 9.17) is 28.3 Å².